The van der Waals surface area contributed by atoms with Crippen LogP contribution in [0.25, 0.3) is 0 Å². The lowest BCUT2D eigenvalue weighted by molar-refractivity contribution is 0.229. The number of nitrogens with two attached hydrogens (primary N) is 1. The van der Waals surface area contributed by atoms with Gasteiger partial charge in [0.05, 0.1) is 17.7 Å². The van der Waals surface area contributed by atoms with Crippen molar-refractivity contribution in [1.29, 1.82) is 0 Å². The molecule has 1 aliphatic carbocycles. The van der Waals surface area contributed by atoms with Crippen molar-refractivity contribution in [2.75, 3.05) is 0 Å². The molecule has 0 radical (unpaired) electrons. The minimum atomic E-state index is -0.377. The van der Waals surface area contributed by atoms with Crippen LogP contribution in [-0.2, 0) is 24.8 Å². The van der Waals surface area contributed by atoms with Crippen molar-refractivity contribution < 1.29 is 9.05 Å². The zero-order chi connectivity index (χ0) is 14.2. The highest BCUT2D eigenvalue weighted by Crippen LogP contribution is 2.37. The second kappa shape index (κ2) is 5.01. The fourth-order valence-electron chi connectivity index (χ4n) is 2.60. The quantitative estimate of drug-likeness (QED) is 0.899. The summed E-state index contributed by atoms with van der Waals surface area (Å²) in [7, 11) is 0. The van der Waals surface area contributed by atoms with E-state index in [0.717, 1.165) is 49.1 Å². The van der Waals surface area contributed by atoms with Gasteiger partial charge in [0, 0.05) is 12.0 Å². The van der Waals surface area contributed by atoms with Crippen LogP contribution in [0.1, 0.15) is 61.8 Å². The van der Waals surface area contributed by atoms with E-state index in [0.29, 0.717) is 18.1 Å². The number of hydrogen-bond acceptors (Lipinski definition) is 6. The highest BCUT2D eigenvalue weighted by atomic mass is 16.5. The number of aryl methyl sites for hydroxylation is 2. The SMILES string of the molecule is CCc1noc(CC)c1Cc1nc(C2(N)CCC2)no1. The van der Waals surface area contributed by atoms with Crippen molar-refractivity contribution in [3.05, 3.63) is 28.7 Å². The van der Waals surface area contributed by atoms with Crippen LogP contribution in [0.4, 0.5) is 0 Å². The molecule has 3 rings (SSSR count). The molecular weight excluding hydrogens is 256 g/mol. The van der Waals surface area contributed by atoms with Gasteiger partial charge in [-0.3, -0.25) is 0 Å². The van der Waals surface area contributed by atoms with Crippen molar-refractivity contribution in [2.45, 2.75) is 57.9 Å². The minimum absolute atomic E-state index is 0.377. The Morgan fingerprint density at radius 2 is 1.95 bits per heavy atom. The molecular formula is C14H20N4O2. The summed E-state index contributed by atoms with van der Waals surface area (Å²) in [4.78, 5) is 4.46. The van der Waals surface area contributed by atoms with Gasteiger partial charge in [0.2, 0.25) is 5.89 Å². The Morgan fingerprint density at radius 3 is 2.55 bits per heavy atom. The first-order valence-electron chi connectivity index (χ1n) is 7.24. The third-order valence-electron chi connectivity index (χ3n) is 4.09. The zero-order valence-electron chi connectivity index (χ0n) is 12.0. The van der Waals surface area contributed by atoms with E-state index in [-0.39, 0.29) is 5.54 Å². The van der Waals surface area contributed by atoms with Crippen molar-refractivity contribution in [2.24, 2.45) is 5.73 Å². The Bertz CT molecular complexity index is 577. The summed E-state index contributed by atoms with van der Waals surface area (Å²) in [6.45, 7) is 4.11. The number of rotatable bonds is 5. The summed E-state index contributed by atoms with van der Waals surface area (Å²) in [5.74, 6) is 2.11. The molecule has 6 nitrogen and oxygen atoms in total. The second-order valence-corrected chi connectivity index (χ2v) is 5.44. The Balaban J connectivity index is 1.83. The molecule has 6 heteroatoms. The second-order valence-electron chi connectivity index (χ2n) is 5.44. The van der Waals surface area contributed by atoms with Crippen LogP contribution in [0, 0.1) is 0 Å². The van der Waals surface area contributed by atoms with Gasteiger partial charge in [-0.2, -0.15) is 4.98 Å². The number of hydrogen-bond donors (Lipinski definition) is 1. The maximum absolute atomic E-state index is 6.21. The van der Waals surface area contributed by atoms with Crippen molar-refractivity contribution in [1.82, 2.24) is 15.3 Å². The molecule has 1 saturated carbocycles. The first kappa shape index (κ1) is 13.3. The molecule has 108 valence electrons. The first-order valence-corrected chi connectivity index (χ1v) is 7.24. The summed E-state index contributed by atoms with van der Waals surface area (Å²) in [5.41, 5.74) is 7.87. The van der Waals surface area contributed by atoms with Gasteiger partial charge in [-0.15, -0.1) is 0 Å². The smallest absolute Gasteiger partial charge is 0.231 e. The Hall–Kier alpha value is -1.69. The van der Waals surface area contributed by atoms with E-state index in [4.69, 9.17) is 14.8 Å². The molecule has 0 saturated heterocycles. The van der Waals surface area contributed by atoms with Gasteiger partial charge < -0.3 is 14.8 Å². The highest BCUT2D eigenvalue weighted by Gasteiger charge is 2.39. The van der Waals surface area contributed by atoms with Crippen LogP contribution in [0.3, 0.4) is 0 Å². The normalized spacial score (nSPS) is 17.1. The lowest BCUT2D eigenvalue weighted by Gasteiger charge is -2.34. The maximum atomic E-state index is 6.21. The molecule has 2 N–H and O–H groups in total. The zero-order valence-corrected chi connectivity index (χ0v) is 12.0. The van der Waals surface area contributed by atoms with Crippen molar-refractivity contribution in [3.8, 4) is 0 Å². The molecule has 0 unspecified atom stereocenters. The minimum Gasteiger partial charge on any atom is -0.361 e. The summed E-state index contributed by atoms with van der Waals surface area (Å²) in [6.07, 6.45) is 5.20. The standard InChI is InChI=1S/C14H20N4O2/c1-3-10-9(11(4-2)19-17-10)8-12-16-13(18-20-12)14(15)6-5-7-14/h3-8,15H2,1-2H3. The van der Waals surface area contributed by atoms with E-state index in [1.165, 1.54) is 0 Å². The van der Waals surface area contributed by atoms with Gasteiger partial charge in [0.1, 0.15) is 5.76 Å². The molecule has 1 aliphatic rings. The maximum Gasteiger partial charge on any atom is 0.231 e. The molecule has 0 amide bonds. The van der Waals surface area contributed by atoms with E-state index >= 15 is 0 Å². The van der Waals surface area contributed by atoms with Gasteiger partial charge >= 0.3 is 0 Å². The van der Waals surface area contributed by atoms with Gasteiger partial charge in [-0.05, 0) is 25.7 Å². The van der Waals surface area contributed by atoms with Gasteiger partial charge in [-0.1, -0.05) is 24.2 Å². The average Bonchev–Trinajstić information content (AvgIpc) is 3.03. The molecule has 0 aromatic carbocycles. The molecule has 0 aliphatic heterocycles. The molecule has 1 fully saturated rings. The largest absolute Gasteiger partial charge is 0.361 e. The van der Waals surface area contributed by atoms with Crippen LogP contribution >= 0.6 is 0 Å². The van der Waals surface area contributed by atoms with E-state index in [1.54, 1.807) is 0 Å². The van der Waals surface area contributed by atoms with Gasteiger partial charge in [0.25, 0.3) is 0 Å². The summed E-state index contributed by atoms with van der Waals surface area (Å²) in [6, 6.07) is 0. The van der Waals surface area contributed by atoms with E-state index in [2.05, 4.69) is 22.2 Å². The average molecular weight is 276 g/mol. The predicted molar refractivity (Wildman–Crippen MR) is 72.1 cm³/mol. The van der Waals surface area contributed by atoms with Crippen LogP contribution in [-0.4, -0.2) is 15.3 Å². The van der Waals surface area contributed by atoms with E-state index < -0.39 is 0 Å². The topological polar surface area (TPSA) is 91.0 Å². The van der Waals surface area contributed by atoms with Crippen LogP contribution in [0.5, 0.6) is 0 Å². The lowest BCUT2D eigenvalue weighted by atomic mass is 9.77. The molecule has 0 atom stereocenters. The third kappa shape index (κ3) is 2.14. The predicted octanol–water partition coefficient (Wildman–Crippen LogP) is 2.11. The Morgan fingerprint density at radius 1 is 1.15 bits per heavy atom. The fourth-order valence-corrected chi connectivity index (χ4v) is 2.60. The molecule has 2 aromatic heterocycles. The molecule has 2 heterocycles. The molecule has 0 bridgehead atoms. The van der Waals surface area contributed by atoms with Crippen molar-refractivity contribution >= 4 is 0 Å². The van der Waals surface area contributed by atoms with Gasteiger partial charge in [0.15, 0.2) is 5.82 Å². The highest BCUT2D eigenvalue weighted by molar-refractivity contribution is 5.26. The third-order valence-corrected chi connectivity index (χ3v) is 4.09. The first-order chi connectivity index (χ1) is 9.66. The summed E-state index contributed by atoms with van der Waals surface area (Å²) < 4.78 is 10.7. The van der Waals surface area contributed by atoms with Crippen LogP contribution < -0.4 is 5.73 Å². The monoisotopic (exact) mass is 276 g/mol. The summed E-state index contributed by atoms with van der Waals surface area (Å²) in [5, 5.41) is 8.13. The number of aromatic nitrogens is 3. The van der Waals surface area contributed by atoms with E-state index in [9.17, 15) is 0 Å². The molecule has 0 spiro atoms. The van der Waals surface area contributed by atoms with Crippen molar-refractivity contribution in [3.63, 3.8) is 0 Å². The number of nitrogens with zero attached hydrogens (tertiary/aromatic N) is 3. The summed E-state index contributed by atoms with van der Waals surface area (Å²) >= 11 is 0. The lowest BCUT2D eigenvalue weighted by Crippen LogP contribution is -2.44. The Labute approximate surface area is 117 Å². The molecule has 2 aromatic rings. The van der Waals surface area contributed by atoms with Crippen LogP contribution in [0.15, 0.2) is 9.05 Å². The van der Waals surface area contributed by atoms with E-state index in [1.807, 2.05) is 6.92 Å². The molecule has 20 heavy (non-hydrogen) atoms. The fraction of sp³-hybridized carbons (Fsp3) is 0.643. The van der Waals surface area contributed by atoms with Gasteiger partial charge in [-0.25, -0.2) is 0 Å². The Kier molecular flexibility index (Phi) is 3.33. The van der Waals surface area contributed by atoms with Crippen LogP contribution in [0.2, 0.25) is 0 Å².